The Morgan fingerprint density at radius 1 is 1.03 bits per heavy atom. The van der Waals surface area contributed by atoms with Crippen LogP contribution in [0.1, 0.15) is 11.1 Å². The fourth-order valence-electron chi connectivity index (χ4n) is 2.70. The van der Waals surface area contributed by atoms with Crippen LogP contribution in [0, 0.1) is 3.57 Å². The minimum absolute atomic E-state index is 0.349. The number of ether oxygens (including phenoxy) is 1. The van der Waals surface area contributed by atoms with Crippen molar-refractivity contribution in [3.63, 3.8) is 0 Å². The first-order valence-corrected chi connectivity index (χ1v) is 11.7. The summed E-state index contributed by atoms with van der Waals surface area (Å²) in [5.74, 6) is 0.334. The molecular formula is C23H18BrIO3S. The molecule has 0 spiro atoms. The first-order valence-electron chi connectivity index (χ1n) is 8.81. The van der Waals surface area contributed by atoms with Crippen molar-refractivity contribution in [3.8, 4) is 5.75 Å². The van der Waals surface area contributed by atoms with Gasteiger partial charge in [-0.2, -0.15) is 0 Å². The minimum atomic E-state index is -0.992. The van der Waals surface area contributed by atoms with E-state index in [1.54, 1.807) is 23.9 Å². The van der Waals surface area contributed by atoms with E-state index in [0.717, 1.165) is 15.1 Å². The average molecular weight is 581 g/mol. The van der Waals surface area contributed by atoms with Crippen LogP contribution in [0.15, 0.2) is 88.2 Å². The molecule has 0 amide bonds. The molecule has 0 atom stereocenters. The number of halogens is 2. The molecule has 0 radical (unpaired) electrons. The summed E-state index contributed by atoms with van der Waals surface area (Å²) in [6.45, 7) is -0.349. The van der Waals surface area contributed by atoms with Crippen molar-refractivity contribution in [1.29, 1.82) is 0 Å². The maximum Gasteiger partial charge on any atom is 0.341 e. The van der Waals surface area contributed by atoms with Gasteiger partial charge in [-0.1, -0.05) is 48.5 Å². The van der Waals surface area contributed by atoms with E-state index in [1.807, 2.05) is 12.1 Å². The number of thioether (sulfide) groups is 1. The lowest BCUT2D eigenvalue weighted by Crippen LogP contribution is -2.09. The van der Waals surface area contributed by atoms with E-state index in [0.29, 0.717) is 5.75 Å². The van der Waals surface area contributed by atoms with Gasteiger partial charge in [0.15, 0.2) is 6.61 Å². The fraction of sp³-hybridized carbons (Fsp3) is 0.0870. The SMILES string of the molecule is O=C(O)COc1ccc(SC/C=C(/c2ccccc2)c2ccc(I)cc2)c(Br)c1. The highest BCUT2D eigenvalue weighted by atomic mass is 127. The van der Waals surface area contributed by atoms with Crippen molar-refractivity contribution >= 4 is 61.8 Å². The number of carbonyl (C=O) groups is 1. The number of carboxylic acids is 1. The van der Waals surface area contributed by atoms with Gasteiger partial charge in [0.1, 0.15) is 5.75 Å². The third-order valence-corrected chi connectivity index (χ3v) is 6.67. The van der Waals surface area contributed by atoms with E-state index >= 15 is 0 Å². The minimum Gasteiger partial charge on any atom is -0.482 e. The van der Waals surface area contributed by atoms with Gasteiger partial charge in [0.05, 0.1) is 0 Å². The molecule has 3 aromatic rings. The molecule has 0 unspecified atom stereocenters. The van der Waals surface area contributed by atoms with Gasteiger partial charge in [-0.15, -0.1) is 11.8 Å². The second-order valence-corrected chi connectivity index (χ2v) is 9.24. The zero-order chi connectivity index (χ0) is 20.6. The van der Waals surface area contributed by atoms with E-state index in [2.05, 4.69) is 93.1 Å². The lowest BCUT2D eigenvalue weighted by molar-refractivity contribution is -0.139. The second-order valence-electron chi connectivity index (χ2n) is 6.08. The average Bonchev–Trinajstić information content (AvgIpc) is 2.72. The summed E-state index contributed by atoms with van der Waals surface area (Å²) >= 11 is 7.57. The van der Waals surface area contributed by atoms with Crippen LogP contribution in [0.5, 0.6) is 5.75 Å². The number of hydrogen-bond donors (Lipinski definition) is 1. The third-order valence-electron chi connectivity index (χ3n) is 4.03. The zero-order valence-electron chi connectivity index (χ0n) is 15.3. The van der Waals surface area contributed by atoms with Gasteiger partial charge < -0.3 is 9.84 Å². The Hall–Kier alpha value is -1.77. The highest BCUT2D eigenvalue weighted by Crippen LogP contribution is 2.32. The van der Waals surface area contributed by atoms with Crippen molar-refractivity contribution in [2.75, 3.05) is 12.4 Å². The van der Waals surface area contributed by atoms with E-state index in [-0.39, 0.29) is 6.61 Å². The molecule has 6 heteroatoms. The molecule has 0 aliphatic carbocycles. The molecule has 3 rings (SSSR count). The number of carboxylic acid groups (broad SMARTS) is 1. The van der Waals surface area contributed by atoms with Gasteiger partial charge in [-0.25, -0.2) is 4.79 Å². The van der Waals surface area contributed by atoms with Crippen LogP contribution in [-0.2, 0) is 4.79 Å². The standard InChI is InChI=1S/C23H18BrIO3S/c24-21-14-19(28-15-23(26)27)10-11-22(21)29-13-12-20(16-4-2-1-3-5-16)17-6-8-18(25)9-7-17/h1-12,14H,13,15H2,(H,26,27)/b20-12-. The summed E-state index contributed by atoms with van der Waals surface area (Å²) in [5, 5.41) is 8.72. The Morgan fingerprint density at radius 3 is 2.38 bits per heavy atom. The highest BCUT2D eigenvalue weighted by Gasteiger charge is 2.07. The summed E-state index contributed by atoms with van der Waals surface area (Å²) in [6.07, 6.45) is 2.24. The zero-order valence-corrected chi connectivity index (χ0v) is 19.9. The Kier molecular flexibility index (Phi) is 8.20. The largest absolute Gasteiger partial charge is 0.482 e. The second kappa shape index (κ2) is 10.8. The predicted molar refractivity (Wildman–Crippen MR) is 131 cm³/mol. The van der Waals surface area contributed by atoms with Crippen LogP contribution < -0.4 is 4.74 Å². The molecule has 29 heavy (non-hydrogen) atoms. The van der Waals surface area contributed by atoms with Crippen molar-refractivity contribution < 1.29 is 14.6 Å². The summed E-state index contributed by atoms with van der Waals surface area (Å²) in [6, 6.07) is 24.4. The van der Waals surface area contributed by atoms with Crippen molar-refractivity contribution in [2.45, 2.75) is 4.90 Å². The Balaban J connectivity index is 1.76. The van der Waals surface area contributed by atoms with Crippen LogP contribution in [0.2, 0.25) is 0 Å². The molecule has 0 bridgehead atoms. The van der Waals surface area contributed by atoms with E-state index < -0.39 is 5.97 Å². The number of hydrogen-bond acceptors (Lipinski definition) is 3. The van der Waals surface area contributed by atoms with Crippen LogP contribution in [-0.4, -0.2) is 23.4 Å². The lowest BCUT2D eigenvalue weighted by atomic mass is 9.98. The third kappa shape index (κ3) is 6.62. The van der Waals surface area contributed by atoms with Gasteiger partial charge in [-0.3, -0.25) is 0 Å². The van der Waals surface area contributed by atoms with Crippen molar-refractivity contribution in [1.82, 2.24) is 0 Å². The molecule has 0 fully saturated rings. The number of benzene rings is 3. The summed E-state index contributed by atoms with van der Waals surface area (Å²) in [4.78, 5) is 11.7. The van der Waals surface area contributed by atoms with Crippen molar-refractivity contribution in [3.05, 3.63) is 98.0 Å². The molecule has 0 saturated carbocycles. The normalized spacial score (nSPS) is 11.3. The van der Waals surface area contributed by atoms with E-state index in [9.17, 15) is 4.79 Å². The predicted octanol–water partition coefficient (Wildman–Crippen LogP) is 6.74. The Bertz CT molecular complexity index is 1000. The summed E-state index contributed by atoms with van der Waals surface area (Å²) < 4.78 is 7.31. The first-order chi connectivity index (χ1) is 14.0. The number of rotatable bonds is 8. The smallest absolute Gasteiger partial charge is 0.341 e. The Labute approximate surface area is 196 Å². The molecule has 1 N–H and O–H groups in total. The molecule has 0 heterocycles. The van der Waals surface area contributed by atoms with Crippen LogP contribution in [0.4, 0.5) is 0 Å². The molecule has 3 aromatic carbocycles. The van der Waals surface area contributed by atoms with E-state index in [4.69, 9.17) is 9.84 Å². The Morgan fingerprint density at radius 2 is 1.72 bits per heavy atom. The van der Waals surface area contributed by atoms with Gasteiger partial charge in [0, 0.05) is 18.7 Å². The van der Waals surface area contributed by atoms with Crippen LogP contribution in [0.25, 0.3) is 5.57 Å². The van der Waals surface area contributed by atoms with Crippen molar-refractivity contribution in [2.24, 2.45) is 0 Å². The van der Waals surface area contributed by atoms with Gasteiger partial charge in [0.25, 0.3) is 0 Å². The van der Waals surface area contributed by atoms with Gasteiger partial charge >= 0.3 is 5.97 Å². The fourth-order valence-corrected chi connectivity index (χ4v) is 4.55. The molecule has 0 aliphatic heterocycles. The van der Waals surface area contributed by atoms with Crippen LogP contribution in [0.3, 0.4) is 0 Å². The van der Waals surface area contributed by atoms with E-state index in [1.165, 1.54) is 20.3 Å². The monoisotopic (exact) mass is 580 g/mol. The van der Waals surface area contributed by atoms with Gasteiger partial charge in [0.2, 0.25) is 0 Å². The summed E-state index contributed by atoms with van der Waals surface area (Å²) in [7, 11) is 0. The lowest BCUT2D eigenvalue weighted by Gasteiger charge is -2.10. The molecule has 0 aromatic heterocycles. The molecule has 3 nitrogen and oxygen atoms in total. The maximum atomic E-state index is 10.6. The highest BCUT2D eigenvalue weighted by molar-refractivity contribution is 14.1. The van der Waals surface area contributed by atoms with Gasteiger partial charge in [-0.05, 0) is 85.6 Å². The first kappa shape index (κ1) is 21.9. The molecule has 0 saturated heterocycles. The molecule has 0 aliphatic rings. The molecular weight excluding hydrogens is 563 g/mol. The maximum absolute atomic E-state index is 10.6. The quantitative estimate of drug-likeness (QED) is 0.237. The van der Waals surface area contributed by atoms with Crippen LogP contribution >= 0.6 is 50.3 Å². The topological polar surface area (TPSA) is 46.5 Å². The summed E-state index contributed by atoms with van der Waals surface area (Å²) in [5.41, 5.74) is 3.58. The number of aliphatic carboxylic acids is 1. The molecule has 148 valence electrons.